The molecular weight excluding hydrogens is 204 g/mol. The Balaban J connectivity index is 2.75. The van der Waals surface area contributed by atoms with Crippen LogP contribution in [0, 0.1) is 11.8 Å². The van der Waals surface area contributed by atoms with Gasteiger partial charge in [-0.05, 0) is 19.1 Å². The number of hydrogen-bond donors (Lipinski definition) is 0. The molecule has 0 unspecified atom stereocenters. The predicted octanol–water partition coefficient (Wildman–Crippen LogP) is 2.00. The zero-order chi connectivity index (χ0) is 11.8. The number of hydrogen-bond acceptors (Lipinski definition) is 3. The zero-order valence-electron chi connectivity index (χ0n) is 9.45. The van der Waals surface area contributed by atoms with E-state index in [1.165, 1.54) is 7.11 Å². The zero-order valence-corrected chi connectivity index (χ0v) is 9.45. The molecule has 0 heterocycles. The van der Waals surface area contributed by atoms with Crippen molar-refractivity contribution in [1.29, 1.82) is 0 Å². The molecule has 0 radical (unpaired) electrons. The molecule has 0 fully saturated rings. The molecule has 0 saturated carbocycles. The van der Waals surface area contributed by atoms with Crippen molar-refractivity contribution in [2.24, 2.45) is 0 Å². The Bertz CT molecular complexity index is 413. The number of rotatable bonds is 3. The minimum Gasteiger partial charge on any atom is -0.493 e. The van der Waals surface area contributed by atoms with E-state index in [1.54, 1.807) is 0 Å². The van der Waals surface area contributed by atoms with Gasteiger partial charge in [-0.25, -0.2) is 0 Å². The highest BCUT2D eigenvalue weighted by Gasteiger charge is 1.98. The van der Waals surface area contributed by atoms with Crippen molar-refractivity contribution in [3.8, 4) is 17.6 Å². The summed E-state index contributed by atoms with van der Waals surface area (Å²) in [5.74, 6) is 6.04. The smallest absolute Gasteiger partial charge is 0.317 e. The number of carbonyl (C=O) groups excluding carboxylic acids is 1. The van der Waals surface area contributed by atoms with Gasteiger partial charge in [-0.3, -0.25) is 4.79 Å². The Morgan fingerprint density at radius 1 is 1.38 bits per heavy atom. The van der Waals surface area contributed by atoms with Gasteiger partial charge in [0.25, 0.3) is 0 Å². The maximum Gasteiger partial charge on any atom is 0.317 e. The van der Waals surface area contributed by atoms with Crippen LogP contribution in [0.15, 0.2) is 24.3 Å². The molecule has 3 heteroatoms. The molecule has 0 bridgehead atoms. The van der Waals surface area contributed by atoms with Crippen LogP contribution < -0.4 is 4.74 Å². The molecule has 1 aromatic carbocycles. The van der Waals surface area contributed by atoms with Crippen LogP contribution in [0.3, 0.4) is 0 Å². The third kappa shape index (κ3) is 3.66. The van der Waals surface area contributed by atoms with E-state index in [-0.39, 0.29) is 12.4 Å². The number of carbonyl (C=O) groups is 1. The van der Waals surface area contributed by atoms with Crippen molar-refractivity contribution in [3.05, 3.63) is 29.8 Å². The average Bonchev–Trinajstić information content (AvgIpc) is 2.31. The van der Waals surface area contributed by atoms with Crippen LogP contribution in [0.25, 0.3) is 0 Å². The number of methoxy groups -OCH3 is 1. The lowest BCUT2D eigenvalue weighted by molar-refractivity contribution is -0.139. The number of ether oxygens (including phenoxy) is 2. The summed E-state index contributed by atoms with van der Waals surface area (Å²) < 4.78 is 9.90. The van der Waals surface area contributed by atoms with Gasteiger partial charge in [-0.15, -0.1) is 0 Å². The standard InChI is InChI=1S/C13H14O3/c1-3-16-12-9-5-4-7-11(12)8-6-10-13(14)15-2/h4-5,7,9H,3,10H2,1-2H3. The molecule has 3 nitrogen and oxygen atoms in total. The van der Waals surface area contributed by atoms with Crippen molar-refractivity contribution >= 4 is 5.97 Å². The summed E-state index contributed by atoms with van der Waals surface area (Å²) in [6.45, 7) is 2.51. The van der Waals surface area contributed by atoms with Crippen LogP contribution in [0.2, 0.25) is 0 Å². The lowest BCUT2D eigenvalue weighted by Crippen LogP contribution is -1.97. The lowest BCUT2D eigenvalue weighted by Gasteiger charge is -2.04. The quantitative estimate of drug-likeness (QED) is 0.575. The topological polar surface area (TPSA) is 35.5 Å². The van der Waals surface area contributed by atoms with Gasteiger partial charge >= 0.3 is 5.97 Å². The fourth-order valence-electron chi connectivity index (χ4n) is 1.14. The van der Waals surface area contributed by atoms with Crippen LogP contribution in [-0.2, 0) is 9.53 Å². The van der Waals surface area contributed by atoms with E-state index in [0.717, 1.165) is 11.3 Å². The largest absolute Gasteiger partial charge is 0.493 e. The fourth-order valence-corrected chi connectivity index (χ4v) is 1.14. The van der Waals surface area contributed by atoms with Gasteiger partial charge in [0.2, 0.25) is 0 Å². The van der Waals surface area contributed by atoms with Crippen LogP contribution in [0.1, 0.15) is 18.9 Å². The summed E-state index contributed by atoms with van der Waals surface area (Å²) >= 11 is 0. The molecule has 0 atom stereocenters. The molecule has 0 amide bonds. The maximum absolute atomic E-state index is 10.9. The third-order valence-electron chi connectivity index (χ3n) is 1.87. The molecule has 1 aromatic rings. The lowest BCUT2D eigenvalue weighted by atomic mass is 10.2. The monoisotopic (exact) mass is 218 g/mol. The summed E-state index contributed by atoms with van der Waals surface area (Å²) in [7, 11) is 1.35. The molecule has 0 aliphatic rings. The summed E-state index contributed by atoms with van der Waals surface area (Å²) in [6, 6.07) is 7.47. The number of esters is 1. The summed E-state index contributed by atoms with van der Waals surface area (Å²) in [6.07, 6.45) is 0.0942. The van der Waals surface area contributed by atoms with Crippen LogP contribution in [0.4, 0.5) is 0 Å². The Hall–Kier alpha value is -1.95. The molecule has 0 aromatic heterocycles. The third-order valence-corrected chi connectivity index (χ3v) is 1.87. The van der Waals surface area contributed by atoms with Crippen LogP contribution in [0.5, 0.6) is 5.75 Å². The van der Waals surface area contributed by atoms with E-state index < -0.39 is 0 Å². The summed E-state index contributed by atoms with van der Waals surface area (Å²) in [5.41, 5.74) is 0.785. The second-order valence-electron chi connectivity index (χ2n) is 2.98. The first-order valence-corrected chi connectivity index (χ1v) is 5.05. The van der Waals surface area contributed by atoms with E-state index >= 15 is 0 Å². The minimum atomic E-state index is -0.332. The van der Waals surface area contributed by atoms with Crippen molar-refractivity contribution < 1.29 is 14.3 Å². The molecule has 0 aliphatic carbocycles. The van der Waals surface area contributed by atoms with E-state index in [2.05, 4.69) is 16.6 Å². The Kier molecular flexibility index (Phi) is 4.94. The first kappa shape index (κ1) is 12.1. The Labute approximate surface area is 95.4 Å². The first-order valence-electron chi connectivity index (χ1n) is 5.05. The Morgan fingerprint density at radius 3 is 2.81 bits per heavy atom. The van der Waals surface area contributed by atoms with Crippen molar-refractivity contribution in [1.82, 2.24) is 0 Å². The second-order valence-corrected chi connectivity index (χ2v) is 2.98. The van der Waals surface area contributed by atoms with Gasteiger partial charge in [0, 0.05) is 0 Å². The maximum atomic E-state index is 10.9. The first-order chi connectivity index (χ1) is 7.77. The Morgan fingerprint density at radius 2 is 2.12 bits per heavy atom. The number of para-hydroxylation sites is 1. The molecular formula is C13H14O3. The highest BCUT2D eigenvalue weighted by Crippen LogP contribution is 2.16. The molecule has 16 heavy (non-hydrogen) atoms. The second kappa shape index (κ2) is 6.52. The van der Waals surface area contributed by atoms with Crippen LogP contribution >= 0.6 is 0 Å². The highest BCUT2D eigenvalue weighted by molar-refractivity contribution is 5.72. The normalized spacial score (nSPS) is 8.88. The van der Waals surface area contributed by atoms with Gasteiger partial charge in [-0.2, -0.15) is 0 Å². The minimum absolute atomic E-state index is 0.0942. The van der Waals surface area contributed by atoms with Gasteiger partial charge in [0.1, 0.15) is 12.2 Å². The fraction of sp³-hybridized carbons (Fsp3) is 0.308. The summed E-state index contributed by atoms with van der Waals surface area (Å²) in [4.78, 5) is 10.9. The molecule has 0 aliphatic heterocycles. The highest BCUT2D eigenvalue weighted by atomic mass is 16.5. The van der Waals surface area contributed by atoms with Gasteiger partial charge in [0.15, 0.2) is 0 Å². The molecule has 84 valence electrons. The predicted molar refractivity (Wildman–Crippen MR) is 61.1 cm³/mol. The molecule has 1 rings (SSSR count). The van der Waals surface area contributed by atoms with Crippen molar-refractivity contribution in [3.63, 3.8) is 0 Å². The molecule has 0 spiro atoms. The average molecular weight is 218 g/mol. The van der Waals surface area contributed by atoms with E-state index in [1.807, 2.05) is 31.2 Å². The van der Waals surface area contributed by atoms with E-state index in [4.69, 9.17) is 4.74 Å². The molecule has 0 N–H and O–H groups in total. The van der Waals surface area contributed by atoms with Crippen molar-refractivity contribution in [2.45, 2.75) is 13.3 Å². The molecule has 0 saturated heterocycles. The van der Waals surface area contributed by atoms with Gasteiger partial charge < -0.3 is 9.47 Å². The number of benzene rings is 1. The van der Waals surface area contributed by atoms with E-state index in [0.29, 0.717) is 6.61 Å². The van der Waals surface area contributed by atoms with Crippen LogP contribution in [-0.4, -0.2) is 19.7 Å². The van der Waals surface area contributed by atoms with Gasteiger partial charge in [0.05, 0.1) is 19.3 Å². The van der Waals surface area contributed by atoms with Crippen molar-refractivity contribution in [2.75, 3.05) is 13.7 Å². The SMILES string of the molecule is CCOc1ccccc1C#CCC(=O)OC. The van der Waals surface area contributed by atoms with E-state index in [9.17, 15) is 4.79 Å². The summed E-state index contributed by atoms with van der Waals surface area (Å²) in [5, 5.41) is 0. The van der Waals surface area contributed by atoms with Gasteiger partial charge in [-0.1, -0.05) is 24.0 Å².